The fourth-order valence-electron chi connectivity index (χ4n) is 3.89. The van der Waals surface area contributed by atoms with E-state index in [0.717, 1.165) is 5.56 Å². The fraction of sp³-hybridized carbons (Fsp3) is 0.286. The number of esters is 1. The highest BCUT2D eigenvalue weighted by molar-refractivity contribution is 5.94. The van der Waals surface area contributed by atoms with Crippen molar-refractivity contribution in [3.63, 3.8) is 0 Å². The van der Waals surface area contributed by atoms with Crippen LogP contribution in [-0.2, 0) is 16.0 Å². The molecule has 2 heterocycles. The van der Waals surface area contributed by atoms with E-state index in [-0.39, 0.29) is 30.9 Å². The van der Waals surface area contributed by atoms with Gasteiger partial charge in [0.15, 0.2) is 0 Å². The molecule has 1 fully saturated rings. The van der Waals surface area contributed by atoms with Crippen LogP contribution in [0.3, 0.4) is 0 Å². The molecule has 150 valence electrons. The number of methoxy groups -OCH3 is 1. The van der Waals surface area contributed by atoms with Gasteiger partial charge >= 0.3 is 12.0 Å². The smallest absolute Gasteiger partial charge is 0.337 e. The lowest BCUT2D eigenvalue weighted by molar-refractivity contribution is -0.139. The van der Waals surface area contributed by atoms with E-state index < -0.39 is 12.0 Å². The Kier molecular flexibility index (Phi) is 4.92. The Bertz CT molecular complexity index is 976. The first-order valence-corrected chi connectivity index (χ1v) is 9.29. The minimum atomic E-state index is -0.465. The second-order valence-corrected chi connectivity index (χ2v) is 7.04. The molecule has 4 rings (SSSR count). The van der Waals surface area contributed by atoms with E-state index >= 15 is 0 Å². The van der Waals surface area contributed by atoms with Crippen LogP contribution >= 0.6 is 0 Å². The highest BCUT2D eigenvalue weighted by Gasteiger charge is 2.39. The van der Waals surface area contributed by atoms with E-state index in [1.807, 2.05) is 6.07 Å². The lowest BCUT2D eigenvalue weighted by Gasteiger charge is -2.44. The van der Waals surface area contributed by atoms with Crippen LogP contribution in [0, 0.1) is 5.82 Å². The number of fused-ring (bicyclic) bond motifs is 3. The molecule has 1 atom stereocenters. The molecule has 0 unspecified atom stereocenters. The molecule has 0 radical (unpaired) electrons. The molecular formula is C21H20FN3O4. The largest absolute Gasteiger partial charge is 0.465 e. The third-order valence-corrected chi connectivity index (χ3v) is 5.38. The standard InChI is InChI=1S/C21H20FN3O4/c1-29-20(27)13-5-7-14(8-6-13)23-21(28)24-11-18-16-3-2-4-17(22)15(16)9-10-25(18)19(26)12-24/h2-8,18H,9-12H2,1H3,(H,23,28)/t18-/m1/s1. The van der Waals surface area contributed by atoms with Crippen LogP contribution in [0.15, 0.2) is 42.5 Å². The van der Waals surface area contributed by atoms with Crippen molar-refractivity contribution in [2.45, 2.75) is 12.5 Å². The Morgan fingerprint density at radius 3 is 2.66 bits per heavy atom. The molecule has 7 nitrogen and oxygen atoms in total. The van der Waals surface area contributed by atoms with Gasteiger partial charge in [0, 0.05) is 18.8 Å². The molecule has 2 aromatic rings. The van der Waals surface area contributed by atoms with E-state index in [9.17, 15) is 18.8 Å². The predicted molar refractivity (Wildman–Crippen MR) is 103 cm³/mol. The summed E-state index contributed by atoms with van der Waals surface area (Å²) >= 11 is 0. The Hall–Kier alpha value is -3.42. The summed E-state index contributed by atoms with van der Waals surface area (Å²) < 4.78 is 18.8. The normalized spacial score (nSPS) is 18.0. The number of nitrogens with one attached hydrogen (secondary N) is 1. The second-order valence-electron chi connectivity index (χ2n) is 7.04. The van der Waals surface area contributed by atoms with Crippen molar-refractivity contribution in [1.82, 2.24) is 9.80 Å². The molecule has 3 amide bonds. The van der Waals surface area contributed by atoms with Gasteiger partial charge in [0.1, 0.15) is 12.4 Å². The summed E-state index contributed by atoms with van der Waals surface area (Å²) in [4.78, 5) is 40.0. The number of amides is 3. The minimum Gasteiger partial charge on any atom is -0.465 e. The number of urea groups is 1. The first kappa shape index (κ1) is 18.9. The van der Waals surface area contributed by atoms with E-state index in [1.165, 1.54) is 18.1 Å². The number of carbonyl (C=O) groups is 3. The van der Waals surface area contributed by atoms with Gasteiger partial charge in [-0.3, -0.25) is 4.79 Å². The van der Waals surface area contributed by atoms with E-state index in [0.29, 0.717) is 29.8 Å². The van der Waals surface area contributed by atoms with Crippen LogP contribution in [0.5, 0.6) is 0 Å². The summed E-state index contributed by atoms with van der Waals surface area (Å²) in [5, 5.41) is 2.74. The molecule has 0 saturated carbocycles. The number of carbonyl (C=O) groups excluding carboxylic acids is 3. The maximum absolute atomic E-state index is 14.2. The van der Waals surface area contributed by atoms with Gasteiger partial charge in [-0.15, -0.1) is 0 Å². The number of rotatable bonds is 2. The molecule has 2 aromatic carbocycles. The molecule has 0 bridgehead atoms. The molecule has 0 spiro atoms. The van der Waals surface area contributed by atoms with Crippen LogP contribution < -0.4 is 5.32 Å². The number of ether oxygens (including phenoxy) is 1. The molecule has 8 heteroatoms. The van der Waals surface area contributed by atoms with Crippen LogP contribution in [0.4, 0.5) is 14.9 Å². The third kappa shape index (κ3) is 3.53. The summed E-state index contributed by atoms with van der Waals surface area (Å²) in [6.45, 7) is 0.698. The van der Waals surface area contributed by atoms with Gasteiger partial charge in [-0.25, -0.2) is 14.0 Å². The lowest BCUT2D eigenvalue weighted by atomic mass is 9.90. The monoisotopic (exact) mass is 397 g/mol. The van der Waals surface area contributed by atoms with Crippen molar-refractivity contribution < 1.29 is 23.5 Å². The molecule has 0 aromatic heterocycles. The van der Waals surface area contributed by atoms with Crippen molar-refractivity contribution in [3.8, 4) is 0 Å². The first-order valence-electron chi connectivity index (χ1n) is 9.29. The molecule has 2 aliphatic heterocycles. The third-order valence-electron chi connectivity index (χ3n) is 5.38. The predicted octanol–water partition coefficient (Wildman–Crippen LogP) is 2.59. The van der Waals surface area contributed by atoms with Gasteiger partial charge in [-0.1, -0.05) is 12.1 Å². The van der Waals surface area contributed by atoms with E-state index in [1.54, 1.807) is 35.2 Å². The highest BCUT2D eigenvalue weighted by Crippen LogP contribution is 2.34. The maximum atomic E-state index is 14.2. The number of benzene rings is 2. The summed E-state index contributed by atoms with van der Waals surface area (Å²) in [5.74, 6) is -0.901. The van der Waals surface area contributed by atoms with Gasteiger partial charge < -0.3 is 19.9 Å². The Balaban J connectivity index is 1.50. The number of hydrogen-bond donors (Lipinski definition) is 1. The van der Waals surface area contributed by atoms with Gasteiger partial charge in [-0.05, 0) is 47.9 Å². The molecule has 0 aliphatic carbocycles. The van der Waals surface area contributed by atoms with Crippen LogP contribution in [-0.4, -0.2) is 54.5 Å². The first-order chi connectivity index (χ1) is 14.0. The summed E-state index contributed by atoms with van der Waals surface area (Å²) in [6, 6.07) is 10.4. The van der Waals surface area contributed by atoms with Crippen LogP contribution in [0.25, 0.3) is 0 Å². The molecular weight excluding hydrogens is 377 g/mol. The zero-order valence-corrected chi connectivity index (χ0v) is 15.9. The fourth-order valence-corrected chi connectivity index (χ4v) is 3.89. The molecule has 1 saturated heterocycles. The van der Waals surface area contributed by atoms with Crippen LogP contribution in [0.2, 0.25) is 0 Å². The number of halogens is 1. The lowest BCUT2D eigenvalue weighted by Crippen LogP contribution is -2.56. The number of piperazine rings is 1. The number of nitrogens with zero attached hydrogens (tertiary/aromatic N) is 2. The Labute approximate surface area is 167 Å². The number of hydrogen-bond acceptors (Lipinski definition) is 4. The topological polar surface area (TPSA) is 79.0 Å². The van der Waals surface area contributed by atoms with E-state index in [2.05, 4.69) is 10.1 Å². The van der Waals surface area contributed by atoms with E-state index in [4.69, 9.17) is 0 Å². The van der Waals surface area contributed by atoms with Crippen molar-refractivity contribution in [2.24, 2.45) is 0 Å². The summed E-state index contributed by atoms with van der Waals surface area (Å²) in [7, 11) is 1.30. The summed E-state index contributed by atoms with van der Waals surface area (Å²) in [6.07, 6.45) is 0.475. The van der Waals surface area contributed by atoms with Crippen LogP contribution in [0.1, 0.15) is 27.5 Å². The highest BCUT2D eigenvalue weighted by atomic mass is 19.1. The molecule has 2 aliphatic rings. The van der Waals surface area contributed by atoms with Gasteiger partial charge in [0.2, 0.25) is 5.91 Å². The van der Waals surface area contributed by atoms with Gasteiger partial charge in [-0.2, -0.15) is 0 Å². The van der Waals surface area contributed by atoms with Crippen molar-refractivity contribution >= 4 is 23.6 Å². The van der Waals surface area contributed by atoms with Crippen molar-refractivity contribution in [2.75, 3.05) is 32.1 Å². The Morgan fingerprint density at radius 2 is 1.93 bits per heavy atom. The van der Waals surface area contributed by atoms with Crippen molar-refractivity contribution in [1.29, 1.82) is 0 Å². The molecule has 1 N–H and O–H groups in total. The maximum Gasteiger partial charge on any atom is 0.337 e. The summed E-state index contributed by atoms with van der Waals surface area (Å²) in [5.41, 5.74) is 2.23. The van der Waals surface area contributed by atoms with Gasteiger partial charge in [0.05, 0.1) is 18.7 Å². The zero-order chi connectivity index (χ0) is 20.5. The minimum absolute atomic E-state index is 0.0345. The second kappa shape index (κ2) is 7.54. The number of anilines is 1. The zero-order valence-electron chi connectivity index (χ0n) is 15.9. The average Bonchev–Trinajstić information content (AvgIpc) is 2.73. The quantitative estimate of drug-likeness (QED) is 0.790. The Morgan fingerprint density at radius 1 is 1.17 bits per heavy atom. The van der Waals surface area contributed by atoms with Gasteiger partial charge in [0.25, 0.3) is 0 Å². The van der Waals surface area contributed by atoms with Crippen molar-refractivity contribution in [3.05, 3.63) is 65.0 Å². The average molecular weight is 397 g/mol. The SMILES string of the molecule is COC(=O)c1ccc(NC(=O)N2CC(=O)N3CCc4c(F)cccc4[C@H]3C2)cc1. The molecule has 29 heavy (non-hydrogen) atoms.